The molecule has 0 bridgehead atoms. The monoisotopic (exact) mass is 572 g/mol. The van der Waals surface area contributed by atoms with Crippen molar-refractivity contribution in [3.8, 4) is 17.6 Å². The maximum Gasteiger partial charge on any atom is 0.458 e. The summed E-state index contributed by atoms with van der Waals surface area (Å²) in [4.78, 5) is 0. The first kappa shape index (κ1) is 29.1. The van der Waals surface area contributed by atoms with Crippen molar-refractivity contribution < 1.29 is 48.6 Å². The van der Waals surface area contributed by atoms with Crippen LogP contribution < -0.4 is 4.74 Å². The lowest BCUT2D eigenvalue weighted by Crippen LogP contribution is -2.25. The smallest absolute Gasteiger partial charge is 0.429 e. The molecule has 0 atom stereocenters. The van der Waals surface area contributed by atoms with E-state index in [-0.39, 0.29) is 16.8 Å². The highest BCUT2D eigenvalue weighted by Crippen LogP contribution is 2.39. The molecule has 0 spiro atoms. The molecule has 11 heteroatoms. The molecule has 0 saturated carbocycles. The summed E-state index contributed by atoms with van der Waals surface area (Å²) >= 11 is 0. The summed E-state index contributed by atoms with van der Waals surface area (Å²) in [5, 5.41) is -2.05. The van der Waals surface area contributed by atoms with E-state index in [4.69, 9.17) is 0 Å². The zero-order chi connectivity index (χ0) is 29.4. The maximum absolute atomic E-state index is 15.1. The van der Waals surface area contributed by atoms with Gasteiger partial charge in [0, 0.05) is 17.4 Å². The quantitative estimate of drug-likeness (QED) is 0.122. The molecule has 0 fully saturated rings. The van der Waals surface area contributed by atoms with Crippen molar-refractivity contribution in [2.75, 3.05) is 0 Å². The van der Waals surface area contributed by atoms with Gasteiger partial charge in [-0.25, -0.2) is 22.0 Å². The molecular weight excluding hydrogens is 554 g/mol. The van der Waals surface area contributed by atoms with Crippen LogP contribution in [0.5, 0.6) is 5.75 Å². The number of hydrogen-bond donors (Lipinski definition) is 0. The molecule has 0 aliphatic rings. The van der Waals surface area contributed by atoms with E-state index in [2.05, 4.69) is 4.74 Å². The largest absolute Gasteiger partial charge is 0.458 e. The number of fused-ring (bicyclic) bond motifs is 2. The zero-order valence-corrected chi connectivity index (χ0v) is 20.6. The van der Waals surface area contributed by atoms with Gasteiger partial charge in [0.2, 0.25) is 0 Å². The molecule has 4 aromatic rings. The van der Waals surface area contributed by atoms with E-state index in [0.29, 0.717) is 30.5 Å². The Morgan fingerprint density at radius 3 is 2.12 bits per heavy atom. The van der Waals surface area contributed by atoms with Gasteiger partial charge in [-0.1, -0.05) is 43.9 Å². The SMILES string of the molecule is CCCCCc1ccc2c(F)c(C(F)(F)Oc3cc(F)c4c(F)c(C#CC(F)(F)F)c(F)cc4c3)c(F)cc2c1. The average molecular weight is 572 g/mol. The van der Waals surface area contributed by atoms with Gasteiger partial charge in [0.1, 0.15) is 34.6 Å². The third-order valence-electron chi connectivity index (χ3n) is 6.08. The number of aryl methyl sites for hydroxylation is 1. The normalized spacial score (nSPS) is 12.1. The van der Waals surface area contributed by atoms with Gasteiger partial charge in [-0.3, -0.25) is 0 Å². The lowest BCUT2D eigenvalue weighted by molar-refractivity contribution is -0.189. The Balaban J connectivity index is 1.72. The second kappa shape index (κ2) is 10.9. The Kier molecular flexibility index (Phi) is 7.92. The molecule has 40 heavy (non-hydrogen) atoms. The highest BCUT2D eigenvalue weighted by Gasteiger charge is 2.42. The standard InChI is InChI=1S/C29H18F10O/c1-2-3-4-5-15-6-7-19-16(10-15)12-23(32)25(27(19)34)29(38,39)40-18-11-17-13-21(30)20(8-9-28(35,36)37)26(33)24(17)22(31)14-18/h6-7,10-14H,2-5H2,1H3. The van der Waals surface area contributed by atoms with Crippen LogP contribution in [0.3, 0.4) is 0 Å². The summed E-state index contributed by atoms with van der Waals surface area (Å²) in [6.07, 6.45) is -6.46. The zero-order valence-electron chi connectivity index (χ0n) is 20.6. The summed E-state index contributed by atoms with van der Waals surface area (Å²) in [6, 6.07) is 6.07. The van der Waals surface area contributed by atoms with Crippen molar-refractivity contribution in [2.24, 2.45) is 0 Å². The van der Waals surface area contributed by atoms with E-state index in [1.165, 1.54) is 24.1 Å². The van der Waals surface area contributed by atoms with Crippen molar-refractivity contribution in [1.29, 1.82) is 0 Å². The van der Waals surface area contributed by atoms with Crippen molar-refractivity contribution in [3.63, 3.8) is 0 Å². The van der Waals surface area contributed by atoms with Crippen LogP contribution in [0.15, 0.2) is 42.5 Å². The molecule has 0 unspecified atom stereocenters. The predicted octanol–water partition coefficient (Wildman–Crippen LogP) is 9.46. The topological polar surface area (TPSA) is 9.23 Å². The number of hydrogen-bond acceptors (Lipinski definition) is 1. The van der Waals surface area contributed by atoms with Gasteiger partial charge < -0.3 is 4.74 Å². The van der Waals surface area contributed by atoms with Crippen molar-refractivity contribution >= 4 is 21.5 Å². The van der Waals surface area contributed by atoms with Crippen LogP contribution in [0.4, 0.5) is 43.9 Å². The molecule has 0 N–H and O–H groups in total. The highest BCUT2D eigenvalue weighted by atomic mass is 19.4. The average Bonchev–Trinajstić information content (AvgIpc) is 2.82. The lowest BCUT2D eigenvalue weighted by Gasteiger charge is -2.21. The van der Waals surface area contributed by atoms with Crippen LogP contribution in [0.25, 0.3) is 21.5 Å². The highest BCUT2D eigenvalue weighted by molar-refractivity contribution is 5.87. The van der Waals surface area contributed by atoms with Gasteiger partial charge in [-0.15, -0.1) is 0 Å². The summed E-state index contributed by atoms with van der Waals surface area (Å²) in [5.74, 6) is -7.50. The Morgan fingerprint density at radius 2 is 1.45 bits per heavy atom. The first-order valence-corrected chi connectivity index (χ1v) is 11.9. The minimum atomic E-state index is -5.10. The van der Waals surface area contributed by atoms with Crippen molar-refractivity contribution in [3.05, 3.63) is 88.2 Å². The van der Waals surface area contributed by atoms with Gasteiger partial charge in [0.15, 0.2) is 5.82 Å². The number of unbranched alkanes of at least 4 members (excludes halogenated alkanes) is 2. The molecule has 0 saturated heterocycles. The van der Waals surface area contributed by atoms with Crippen molar-refractivity contribution in [2.45, 2.75) is 44.9 Å². The third kappa shape index (κ3) is 5.96. The number of halogens is 10. The first-order valence-electron chi connectivity index (χ1n) is 11.9. The number of ether oxygens (including phenoxy) is 1. The fourth-order valence-corrected chi connectivity index (χ4v) is 4.27. The molecule has 0 aliphatic heterocycles. The van der Waals surface area contributed by atoms with E-state index in [9.17, 15) is 30.7 Å². The second-order valence-corrected chi connectivity index (χ2v) is 8.98. The first-order chi connectivity index (χ1) is 18.7. The fraction of sp³-hybridized carbons (Fsp3) is 0.241. The minimum Gasteiger partial charge on any atom is -0.429 e. The lowest BCUT2D eigenvalue weighted by atomic mass is 9.99. The van der Waals surface area contributed by atoms with Crippen molar-refractivity contribution in [1.82, 2.24) is 0 Å². The minimum absolute atomic E-state index is 0.0377. The van der Waals surface area contributed by atoms with Crippen LogP contribution in [0.2, 0.25) is 0 Å². The molecule has 1 nitrogen and oxygen atoms in total. The summed E-state index contributed by atoms with van der Waals surface area (Å²) in [5.41, 5.74) is -2.40. The maximum atomic E-state index is 15.1. The fourth-order valence-electron chi connectivity index (χ4n) is 4.27. The molecule has 0 aromatic heterocycles. The van der Waals surface area contributed by atoms with Gasteiger partial charge in [0.25, 0.3) is 0 Å². The van der Waals surface area contributed by atoms with Crippen LogP contribution >= 0.6 is 0 Å². The number of rotatable bonds is 7. The third-order valence-corrected chi connectivity index (χ3v) is 6.08. The predicted molar refractivity (Wildman–Crippen MR) is 128 cm³/mol. The molecule has 210 valence electrons. The number of benzene rings is 4. The van der Waals surface area contributed by atoms with Crippen LogP contribution in [-0.4, -0.2) is 6.18 Å². The Labute approximate surface area is 221 Å². The van der Waals surface area contributed by atoms with Gasteiger partial charge >= 0.3 is 12.3 Å². The number of alkyl halides is 5. The van der Waals surface area contributed by atoms with E-state index in [0.717, 1.165) is 24.8 Å². The molecule has 0 amide bonds. The summed E-state index contributed by atoms with van der Waals surface area (Å²) < 4.78 is 145. The van der Waals surface area contributed by atoms with Crippen LogP contribution in [0, 0.1) is 40.9 Å². The molecule has 0 radical (unpaired) electrons. The van der Waals surface area contributed by atoms with Gasteiger partial charge in [-0.2, -0.15) is 22.0 Å². The summed E-state index contributed by atoms with van der Waals surface area (Å²) in [7, 11) is 0. The van der Waals surface area contributed by atoms with Gasteiger partial charge in [0.05, 0.1) is 10.9 Å². The Morgan fingerprint density at radius 1 is 0.750 bits per heavy atom. The van der Waals surface area contributed by atoms with Gasteiger partial charge in [-0.05, 0) is 47.4 Å². The molecule has 4 aromatic carbocycles. The van der Waals surface area contributed by atoms with E-state index < -0.39 is 69.0 Å². The van der Waals surface area contributed by atoms with E-state index >= 15 is 13.2 Å². The Bertz CT molecular complexity index is 1660. The molecular formula is C29H18F10O. The van der Waals surface area contributed by atoms with E-state index in [1.807, 2.05) is 6.92 Å². The molecule has 0 aliphatic carbocycles. The Hall–Kier alpha value is -3.94. The van der Waals surface area contributed by atoms with E-state index in [1.54, 1.807) is 0 Å². The summed E-state index contributed by atoms with van der Waals surface area (Å²) in [6.45, 7) is 2.01. The van der Waals surface area contributed by atoms with Crippen LogP contribution in [-0.2, 0) is 12.5 Å². The van der Waals surface area contributed by atoms with Crippen LogP contribution in [0.1, 0.15) is 42.9 Å². The second-order valence-electron chi connectivity index (χ2n) is 8.98. The molecule has 4 rings (SSSR count). The molecule has 0 heterocycles.